The molecular weight excluding hydrogens is 371 g/mol. The van der Waals surface area contributed by atoms with Crippen LogP contribution in [0.25, 0.3) is 0 Å². The van der Waals surface area contributed by atoms with E-state index in [1.54, 1.807) is 0 Å². The molecule has 0 saturated carbocycles. The number of hydrogen-bond donors (Lipinski definition) is 1. The van der Waals surface area contributed by atoms with E-state index in [1.807, 2.05) is 25.7 Å². The van der Waals surface area contributed by atoms with Crippen molar-refractivity contribution >= 4 is 17.5 Å². The Kier molecular flexibility index (Phi) is 6.56. The molecular formula is C22H27FN4O2. The van der Waals surface area contributed by atoms with Crippen molar-refractivity contribution in [3.63, 3.8) is 0 Å². The van der Waals surface area contributed by atoms with Crippen LogP contribution in [-0.4, -0.2) is 39.8 Å². The highest BCUT2D eigenvalue weighted by Crippen LogP contribution is 2.26. The summed E-state index contributed by atoms with van der Waals surface area (Å²) < 4.78 is 13.0. The number of halogens is 1. The van der Waals surface area contributed by atoms with Crippen molar-refractivity contribution in [2.45, 2.75) is 52.4 Å². The lowest BCUT2D eigenvalue weighted by Crippen LogP contribution is -2.39. The first-order chi connectivity index (χ1) is 13.9. The summed E-state index contributed by atoms with van der Waals surface area (Å²) in [5.41, 5.74) is 2.90. The van der Waals surface area contributed by atoms with Crippen LogP contribution in [0.15, 0.2) is 24.3 Å². The SMILES string of the molecule is CCC(=O)N1CCC[C@@H](c2nc(C)c(CC(=O)Nc3ccc(F)cc3)c(C)n2)C1. The van der Waals surface area contributed by atoms with Crippen LogP contribution in [0.2, 0.25) is 0 Å². The molecule has 154 valence electrons. The number of aromatic nitrogens is 2. The van der Waals surface area contributed by atoms with Crippen molar-refractivity contribution < 1.29 is 14.0 Å². The Hall–Kier alpha value is -2.83. The van der Waals surface area contributed by atoms with Crippen molar-refractivity contribution in [2.24, 2.45) is 0 Å². The Balaban J connectivity index is 1.71. The maximum Gasteiger partial charge on any atom is 0.228 e. The number of amides is 2. The van der Waals surface area contributed by atoms with Gasteiger partial charge in [0.25, 0.3) is 0 Å². The van der Waals surface area contributed by atoms with Crippen LogP contribution in [0.1, 0.15) is 54.9 Å². The predicted octanol–water partition coefficient (Wildman–Crippen LogP) is 3.53. The molecule has 1 atom stereocenters. The van der Waals surface area contributed by atoms with Crippen molar-refractivity contribution in [1.82, 2.24) is 14.9 Å². The Morgan fingerprint density at radius 3 is 2.45 bits per heavy atom. The monoisotopic (exact) mass is 398 g/mol. The molecule has 2 heterocycles. The van der Waals surface area contributed by atoms with Gasteiger partial charge in [-0.2, -0.15) is 0 Å². The number of anilines is 1. The second-order valence-corrected chi connectivity index (χ2v) is 7.50. The van der Waals surface area contributed by atoms with E-state index < -0.39 is 0 Å². The third-order valence-electron chi connectivity index (χ3n) is 5.34. The van der Waals surface area contributed by atoms with Crippen molar-refractivity contribution in [1.29, 1.82) is 0 Å². The van der Waals surface area contributed by atoms with Gasteiger partial charge in [-0.1, -0.05) is 6.92 Å². The Labute approximate surface area is 170 Å². The predicted molar refractivity (Wildman–Crippen MR) is 109 cm³/mol. The summed E-state index contributed by atoms with van der Waals surface area (Å²) in [6.07, 6.45) is 2.56. The molecule has 1 fully saturated rings. The van der Waals surface area contributed by atoms with Gasteiger partial charge in [-0.3, -0.25) is 9.59 Å². The first-order valence-electron chi connectivity index (χ1n) is 10.0. The molecule has 0 aliphatic carbocycles. The largest absolute Gasteiger partial charge is 0.342 e. The first kappa shape index (κ1) is 20.9. The van der Waals surface area contributed by atoms with E-state index in [2.05, 4.69) is 15.3 Å². The van der Waals surface area contributed by atoms with Gasteiger partial charge in [-0.15, -0.1) is 0 Å². The molecule has 1 saturated heterocycles. The molecule has 1 aliphatic rings. The van der Waals surface area contributed by atoms with Gasteiger partial charge in [0, 0.05) is 48.1 Å². The van der Waals surface area contributed by atoms with Crippen LogP contribution in [0.4, 0.5) is 10.1 Å². The van der Waals surface area contributed by atoms with E-state index in [-0.39, 0.29) is 30.0 Å². The van der Waals surface area contributed by atoms with E-state index >= 15 is 0 Å². The van der Waals surface area contributed by atoms with Crippen LogP contribution < -0.4 is 5.32 Å². The fourth-order valence-corrected chi connectivity index (χ4v) is 3.74. The lowest BCUT2D eigenvalue weighted by atomic mass is 9.96. The van der Waals surface area contributed by atoms with E-state index in [0.717, 1.165) is 42.2 Å². The summed E-state index contributed by atoms with van der Waals surface area (Å²) in [5, 5.41) is 2.77. The number of hydrogen-bond acceptors (Lipinski definition) is 4. The minimum absolute atomic E-state index is 0.124. The standard InChI is InChI=1S/C22H27FN4O2/c1-4-21(29)27-11-5-6-16(13-27)22-24-14(2)19(15(3)25-22)12-20(28)26-18-9-7-17(23)8-10-18/h7-10,16H,4-6,11-13H2,1-3H3,(H,26,28)/t16-/m1/s1. The van der Waals surface area contributed by atoms with Gasteiger partial charge in [0.2, 0.25) is 11.8 Å². The number of piperidine rings is 1. The molecule has 3 rings (SSSR count). The molecule has 0 radical (unpaired) electrons. The normalized spacial score (nSPS) is 16.6. The van der Waals surface area contributed by atoms with Crippen molar-refractivity contribution in [2.75, 3.05) is 18.4 Å². The second kappa shape index (κ2) is 9.11. The molecule has 1 aliphatic heterocycles. The van der Waals surface area contributed by atoms with Crippen molar-refractivity contribution in [3.8, 4) is 0 Å². The summed E-state index contributed by atoms with van der Waals surface area (Å²) in [6, 6.07) is 5.67. The quantitative estimate of drug-likeness (QED) is 0.836. The van der Waals surface area contributed by atoms with Crippen LogP contribution >= 0.6 is 0 Å². The number of nitrogens with zero attached hydrogens (tertiary/aromatic N) is 3. The summed E-state index contributed by atoms with van der Waals surface area (Å²) in [5.74, 6) is 0.490. The smallest absolute Gasteiger partial charge is 0.228 e. The number of likely N-dealkylation sites (tertiary alicyclic amines) is 1. The van der Waals surface area contributed by atoms with Crippen LogP contribution in [0.3, 0.4) is 0 Å². The zero-order valence-corrected chi connectivity index (χ0v) is 17.2. The molecule has 2 amide bonds. The third-order valence-corrected chi connectivity index (χ3v) is 5.34. The van der Waals surface area contributed by atoms with Gasteiger partial charge in [-0.05, 0) is 51.0 Å². The van der Waals surface area contributed by atoms with Gasteiger partial charge in [-0.25, -0.2) is 14.4 Å². The molecule has 7 heteroatoms. The highest BCUT2D eigenvalue weighted by molar-refractivity contribution is 5.92. The Morgan fingerprint density at radius 2 is 1.83 bits per heavy atom. The Bertz CT molecular complexity index is 875. The molecule has 0 bridgehead atoms. The van der Waals surface area contributed by atoms with Crippen LogP contribution in [0.5, 0.6) is 0 Å². The minimum atomic E-state index is -0.347. The Morgan fingerprint density at radius 1 is 1.17 bits per heavy atom. The topological polar surface area (TPSA) is 75.2 Å². The molecule has 1 aromatic carbocycles. The summed E-state index contributed by atoms with van der Waals surface area (Å²) in [7, 11) is 0. The minimum Gasteiger partial charge on any atom is -0.342 e. The number of carbonyl (C=O) groups is 2. The second-order valence-electron chi connectivity index (χ2n) is 7.50. The number of aryl methyl sites for hydroxylation is 2. The molecule has 1 aromatic heterocycles. The molecule has 2 aromatic rings. The number of carbonyl (C=O) groups excluding carboxylic acids is 2. The van der Waals surface area contributed by atoms with Gasteiger partial charge < -0.3 is 10.2 Å². The number of nitrogens with one attached hydrogen (secondary N) is 1. The summed E-state index contributed by atoms with van der Waals surface area (Å²) >= 11 is 0. The van der Waals surface area contributed by atoms with Gasteiger partial charge in [0.15, 0.2) is 0 Å². The molecule has 0 spiro atoms. The maximum absolute atomic E-state index is 13.0. The van der Waals surface area contributed by atoms with Crippen LogP contribution in [-0.2, 0) is 16.0 Å². The molecule has 6 nitrogen and oxygen atoms in total. The molecule has 0 unspecified atom stereocenters. The highest BCUT2D eigenvalue weighted by atomic mass is 19.1. The first-order valence-corrected chi connectivity index (χ1v) is 10.0. The van der Waals surface area contributed by atoms with E-state index in [4.69, 9.17) is 0 Å². The van der Waals surface area contributed by atoms with Gasteiger partial charge >= 0.3 is 0 Å². The number of rotatable bonds is 5. The average Bonchev–Trinajstić information content (AvgIpc) is 2.71. The lowest BCUT2D eigenvalue weighted by Gasteiger charge is -2.32. The zero-order chi connectivity index (χ0) is 21.0. The lowest BCUT2D eigenvalue weighted by molar-refractivity contribution is -0.132. The van der Waals surface area contributed by atoms with E-state index in [1.165, 1.54) is 24.3 Å². The number of benzene rings is 1. The van der Waals surface area contributed by atoms with E-state index in [0.29, 0.717) is 18.7 Å². The van der Waals surface area contributed by atoms with Crippen molar-refractivity contribution in [3.05, 3.63) is 52.9 Å². The zero-order valence-electron chi connectivity index (χ0n) is 17.2. The highest BCUT2D eigenvalue weighted by Gasteiger charge is 2.26. The fraction of sp³-hybridized carbons (Fsp3) is 0.455. The average molecular weight is 398 g/mol. The van der Waals surface area contributed by atoms with Gasteiger partial charge in [0.1, 0.15) is 11.6 Å². The molecule has 1 N–H and O–H groups in total. The van der Waals surface area contributed by atoms with E-state index in [9.17, 15) is 14.0 Å². The summed E-state index contributed by atoms with van der Waals surface area (Å²) in [6.45, 7) is 7.09. The molecule has 29 heavy (non-hydrogen) atoms. The third kappa shape index (κ3) is 5.16. The summed E-state index contributed by atoms with van der Waals surface area (Å²) in [4.78, 5) is 35.7. The van der Waals surface area contributed by atoms with Gasteiger partial charge in [0.05, 0.1) is 6.42 Å². The maximum atomic E-state index is 13.0. The fourth-order valence-electron chi connectivity index (χ4n) is 3.74. The van der Waals surface area contributed by atoms with Crippen LogP contribution in [0, 0.1) is 19.7 Å².